The lowest BCUT2D eigenvalue weighted by molar-refractivity contribution is 0.503. The molecule has 1 aliphatic rings. The van der Waals surface area contributed by atoms with Crippen molar-refractivity contribution in [2.45, 2.75) is 38.6 Å². The van der Waals surface area contributed by atoms with Gasteiger partial charge in [-0.3, -0.25) is 0 Å². The van der Waals surface area contributed by atoms with Gasteiger partial charge >= 0.3 is 0 Å². The van der Waals surface area contributed by atoms with Crippen LogP contribution in [0.25, 0.3) is 0 Å². The fourth-order valence-electron chi connectivity index (χ4n) is 1.58. The normalized spacial score (nSPS) is 16.0. The van der Waals surface area contributed by atoms with Crippen molar-refractivity contribution in [3.8, 4) is 0 Å². The van der Waals surface area contributed by atoms with Gasteiger partial charge in [0.05, 0.1) is 11.6 Å². The van der Waals surface area contributed by atoms with Crippen LogP contribution in [-0.4, -0.2) is 17.6 Å². The topological polar surface area (TPSA) is 29.3 Å². The van der Waals surface area contributed by atoms with E-state index in [-0.39, 0.29) is 0 Å². The minimum atomic E-state index is 0.416. The SMILES string of the molecule is CC(C)N(CC1CC1)c1nc(CCl)co1. The Hall–Kier alpha value is -0.700. The molecule has 1 heterocycles. The third kappa shape index (κ3) is 2.65. The van der Waals surface area contributed by atoms with Gasteiger partial charge in [-0.1, -0.05) is 0 Å². The summed E-state index contributed by atoms with van der Waals surface area (Å²) in [6.07, 6.45) is 4.32. The molecule has 3 nitrogen and oxygen atoms in total. The smallest absolute Gasteiger partial charge is 0.297 e. The summed E-state index contributed by atoms with van der Waals surface area (Å²) in [5.41, 5.74) is 0.813. The molecule has 0 bridgehead atoms. The molecule has 1 aliphatic carbocycles. The molecule has 0 unspecified atom stereocenters. The van der Waals surface area contributed by atoms with E-state index in [1.54, 1.807) is 6.26 Å². The Labute approximate surface area is 95.4 Å². The molecular weight excluding hydrogens is 212 g/mol. The highest BCUT2D eigenvalue weighted by Crippen LogP contribution is 2.32. The van der Waals surface area contributed by atoms with Crippen LogP contribution in [0.2, 0.25) is 0 Å². The summed E-state index contributed by atoms with van der Waals surface area (Å²) < 4.78 is 5.44. The minimum absolute atomic E-state index is 0.416. The summed E-state index contributed by atoms with van der Waals surface area (Å²) in [5, 5.41) is 0. The van der Waals surface area contributed by atoms with Crippen LogP contribution in [0.15, 0.2) is 10.7 Å². The predicted octanol–water partition coefficient (Wildman–Crippen LogP) is 3.04. The third-order valence-electron chi connectivity index (χ3n) is 2.70. The van der Waals surface area contributed by atoms with Crippen LogP contribution in [0.1, 0.15) is 32.4 Å². The molecule has 0 aliphatic heterocycles. The molecular formula is C11H17ClN2O. The second-order valence-corrected chi connectivity index (χ2v) is 4.71. The van der Waals surface area contributed by atoms with Crippen molar-refractivity contribution in [1.82, 2.24) is 4.98 Å². The van der Waals surface area contributed by atoms with E-state index in [4.69, 9.17) is 16.0 Å². The minimum Gasteiger partial charge on any atom is -0.432 e. The molecule has 4 heteroatoms. The van der Waals surface area contributed by atoms with Gasteiger partial charge in [0, 0.05) is 12.6 Å². The Kier molecular flexibility index (Phi) is 3.19. The first-order valence-electron chi connectivity index (χ1n) is 5.47. The van der Waals surface area contributed by atoms with E-state index < -0.39 is 0 Å². The van der Waals surface area contributed by atoms with Gasteiger partial charge in [0.1, 0.15) is 6.26 Å². The lowest BCUT2D eigenvalue weighted by Gasteiger charge is -2.24. The summed E-state index contributed by atoms with van der Waals surface area (Å²) in [7, 11) is 0. The predicted molar refractivity (Wildman–Crippen MR) is 61.3 cm³/mol. The van der Waals surface area contributed by atoms with Gasteiger partial charge in [-0.05, 0) is 32.6 Å². The number of hydrogen-bond donors (Lipinski definition) is 0. The number of halogens is 1. The molecule has 0 saturated heterocycles. The highest BCUT2D eigenvalue weighted by molar-refractivity contribution is 6.16. The largest absolute Gasteiger partial charge is 0.432 e. The van der Waals surface area contributed by atoms with Crippen molar-refractivity contribution in [3.63, 3.8) is 0 Å². The fraction of sp³-hybridized carbons (Fsp3) is 0.727. The van der Waals surface area contributed by atoms with Crippen LogP contribution in [-0.2, 0) is 5.88 Å². The maximum Gasteiger partial charge on any atom is 0.297 e. The summed E-state index contributed by atoms with van der Waals surface area (Å²) in [6, 6.07) is 1.14. The van der Waals surface area contributed by atoms with Gasteiger partial charge < -0.3 is 9.32 Å². The quantitative estimate of drug-likeness (QED) is 0.726. The lowest BCUT2D eigenvalue weighted by Crippen LogP contribution is -2.33. The molecule has 0 atom stereocenters. The van der Waals surface area contributed by atoms with Gasteiger partial charge in [-0.2, -0.15) is 4.98 Å². The average Bonchev–Trinajstić information content (AvgIpc) is 2.91. The molecule has 84 valence electrons. The third-order valence-corrected chi connectivity index (χ3v) is 2.97. The molecule has 1 fully saturated rings. The van der Waals surface area contributed by atoms with E-state index in [1.165, 1.54) is 12.8 Å². The molecule has 2 rings (SSSR count). The van der Waals surface area contributed by atoms with E-state index in [9.17, 15) is 0 Å². The Morgan fingerprint density at radius 3 is 2.80 bits per heavy atom. The summed E-state index contributed by atoms with van der Waals surface area (Å²) in [6.45, 7) is 5.37. The zero-order valence-electron chi connectivity index (χ0n) is 9.24. The first kappa shape index (κ1) is 10.8. The Balaban J connectivity index is 2.07. The molecule has 15 heavy (non-hydrogen) atoms. The molecule has 0 spiro atoms. The fourth-order valence-corrected chi connectivity index (χ4v) is 1.70. The number of hydrogen-bond acceptors (Lipinski definition) is 3. The molecule has 0 amide bonds. The number of anilines is 1. The lowest BCUT2D eigenvalue weighted by atomic mass is 10.3. The first-order chi connectivity index (χ1) is 7.20. The Bertz CT molecular complexity index is 320. The van der Waals surface area contributed by atoms with Crippen LogP contribution < -0.4 is 4.90 Å². The molecule has 1 saturated carbocycles. The second kappa shape index (κ2) is 4.44. The number of aromatic nitrogens is 1. The Morgan fingerprint density at radius 2 is 2.33 bits per heavy atom. The van der Waals surface area contributed by atoms with E-state index in [0.29, 0.717) is 17.9 Å². The van der Waals surface area contributed by atoms with E-state index >= 15 is 0 Å². The van der Waals surface area contributed by atoms with Gasteiger partial charge in [0.15, 0.2) is 0 Å². The Morgan fingerprint density at radius 1 is 1.60 bits per heavy atom. The number of nitrogens with zero attached hydrogens (tertiary/aromatic N) is 2. The summed E-state index contributed by atoms with van der Waals surface area (Å²) >= 11 is 5.70. The first-order valence-corrected chi connectivity index (χ1v) is 6.01. The molecule has 0 radical (unpaired) electrons. The van der Waals surface area contributed by atoms with Crippen molar-refractivity contribution in [2.75, 3.05) is 11.4 Å². The maximum atomic E-state index is 5.70. The van der Waals surface area contributed by atoms with E-state index in [1.807, 2.05) is 0 Å². The zero-order chi connectivity index (χ0) is 10.8. The zero-order valence-corrected chi connectivity index (χ0v) is 10.00. The summed E-state index contributed by atoms with van der Waals surface area (Å²) in [5.74, 6) is 1.25. The van der Waals surface area contributed by atoms with Gasteiger partial charge in [-0.15, -0.1) is 11.6 Å². The van der Waals surface area contributed by atoms with E-state index in [2.05, 4.69) is 23.7 Å². The highest BCUT2D eigenvalue weighted by Gasteiger charge is 2.27. The van der Waals surface area contributed by atoms with E-state index in [0.717, 1.165) is 18.2 Å². The molecule has 0 N–H and O–H groups in total. The number of oxazole rings is 1. The molecule has 1 aromatic heterocycles. The average molecular weight is 229 g/mol. The van der Waals surface area contributed by atoms with Crippen molar-refractivity contribution < 1.29 is 4.42 Å². The number of alkyl halides is 1. The van der Waals surface area contributed by atoms with Gasteiger partial charge in [0.25, 0.3) is 6.01 Å². The van der Waals surface area contributed by atoms with Crippen molar-refractivity contribution in [2.24, 2.45) is 5.92 Å². The van der Waals surface area contributed by atoms with Gasteiger partial charge in [0.2, 0.25) is 0 Å². The van der Waals surface area contributed by atoms with Crippen LogP contribution in [0.5, 0.6) is 0 Å². The van der Waals surface area contributed by atoms with Crippen molar-refractivity contribution >= 4 is 17.6 Å². The second-order valence-electron chi connectivity index (χ2n) is 4.44. The molecule has 1 aromatic rings. The highest BCUT2D eigenvalue weighted by atomic mass is 35.5. The van der Waals surface area contributed by atoms with Crippen LogP contribution >= 0.6 is 11.6 Å². The maximum absolute atomic E-state index is 5.70. The standard InChI is InChI=1S/C11H17ClN2O/c1-8(2)14(6-9-3-4-9)11-13-10(5-12)7-15-11/h7-9H,3-6H2,1-2H3. The molecule has 0 aromatic carbocycles. The van der Waals surface area contributed by atoms with Crippen LogP contribution in [0, 0.1) is 5.92 Å². The monoisotopic (exact) mass is 228 g/mol. The number of rotatable bonds is 5. The van der Waals surface area contributed by atoms with Crippen molar-refractivity contribution in [3.05, 3.63) is 12.0 Å². The summed E-state index contributed by atoms with van der Waals surface area (Å²) in [4.78, 5) is 6.57. The van der Waals surface area contributed by atoms with Crippen molar-refractivity contribution in [1.29, 1.82) is 0 Å². The van der Waals surface area contributed by atoms with Gasteiger partial charge in [-0.25, -0.2) is 0 Å². The van der Waals surface area contributed by atoms with Crippen LogP contribution in [0.4, 0.5) is 6.01 Å². The van der Waals surface area contributed by atoms with Crippen LogP contribution in [0.3, 0.4) is 0 Å².